The molecule has 7 heteroatoms. The standard InChI is InChI=1S/C34H36O7/c1-36-28-17-19-29(20-18-28)40-34-33(39-23-27-15-9-4-10-16-27)32(38-22-26-13-7-3-8-14-26)31(35)30(41-34)24-37-21-25-11-5-2-6-12-25/h2-20,30-35H,21-24H2,1H3/t30-,31-,32+,33+,34+/m1/s1. The molecule has 0 radical (unpaired) electrons. The Morgan fingerprint density at radius 1 is 0.610 bits per heavy atom. The van der Waals surface area contributed by atoms with Gasteiger partial charge in [-0.25, -0.2) is 0 Å². The zero-order valence-corrected chi connectivity index (χ0v) is 23.1. The van der Waals surface area contributed by atoms with Crippen molar-refractivity contribution in [1.29, 1.82) is 0 Å². The lowest BCUT2D eigenvalue weighted by molar-refractivity contribution is -0.301. The summed E-state index contributed by atoms with van der Waals surface area (Å²) in [5.74, 6) is 1.29. The first-order valence-corrected chi connectivity index (χ1v) is 13.8. The molecule has 1 fully saturated rings. The maximum absolute atomic E-state index is 11.5. The highest BCUT2D eigenvalue weighted by atomic mass is 16.7. The van der Waals surface area contributed by atoms with E-state index >= 15 is 0 Å². The minimum atomic E-state index is -1.02. The van der Waals surface area contributed by atoms with E-state index in [0.29, 0.717) is 31.3 Å². The average molecular weight is 557 g/mol. The van der Waals surface area contributed by atoms with E-state index in [4.69, 9.17) is 28.4 Å². The van der Waals surface area contributed by atoms with E-state index in [9.17, 15) is 5.11 Å². The summed E-state index contributed by atoms with van der Waals surface area (Å²) < 4.78 is 36.7. The Hall–Kier alpha value is -3.72. The second-order valence-corrected chi connectivity index (χ2v) is 9.85. The minimum absolute atomic E-state index is 0.148. The molecule has 0 aliphatic carbocycles. The Morgan fingerprint density at radius 2 is 1.10 bits per heavy atom. The molecule has 7 nitrogen and oxygen atoms in total. The van der Waals surface area contributed by atoms with Crippen LogP contribution in [-0.4, -0.2) is 49.5 Å². The van der Waals surface area contributed by atoms with Gasteiger partial charge in [0, 0.05) is 0 Å². The Balaban J connectivity index is 1.37. The summed E-state index contributed by atoms with van der Waals surface area (Å²) in [5, 5.41) is 11.5. The molecule has 214 valence electrons. The molecule has 1 N–H and O–H groups in total. The predicted molar refractivity (Wildman–Crippen MR) is 154 cm³/mol. The molecule has 0 unspecified atom stereocenters. The van der Waals surface area contributed by atoms with Crippen molar-refractivity contribution in [2.75, 3.05) is 13.7 Å². The Bertz CT molecular complexity index is 1290. The van der Waals surface area contributed by atoms with E-state index in [1.807, 2.05) is 115 Å². The third-order valence-corrected chi connectivity index (χ3v) is 6.89. The number of hydrogen-bond acceptors (Lipinski definition) is 7. The number of ether oxygens (including phenoxy) is 6. The molecular weight excluding hydrogens is 520 g/mol. The van der Waals surface area contributed by atoms with Gasteiger partial charge in [-0.15, -0.1) is 0 Å². The van der Waals surface area contributed by atoms with Gasteiger partial charge in [-0.3, -0.25) is 0 Å². The van der Waals surface area contributed by atoms with Crippen molar-refractivity contribution < 1.29 is 33.5 Å². The Labute approximate surface area is 241 Å². The number of hydrogen-bond donors (Lipinski definition) is 1. The zero-order chi connectivity index (χ0) is 28.3. The van der Waals surface area contributed by atoms with Crippen LogP contribution in [0.2, 0.25) is 0 Å². The average Bonchev–Trinajstić information content (AvgIpc) is 3.03. The molecule has 0 amide bonds. The summed E-state index contributed by atoms with van der Waals surface area (Å²) in [4.78, 5) is 0. The first kappa shape index (κ1) is 28.8. The van der Waals surface area contributed by atoms with Crippen molar-refractivity contribution in [3.63, 3.8) is 0 Å². The fourth-order valence-electron chi connectivity index (χ4n) is 4.68. The maximum Gasteiger partial charge on any atom is 0.229 e. The summed E-state index contributed by atoms with van der Waals surface area (Å²) in [7, 11) is 1.61. The maximum atomic E-state index is 11.5. The van der Waals surface area contributed by atoms with E-state index in [1.54, 1.807) is 7.11 Å². The highest BCUT2D eigenvalue weighted by Gasteiger charge is 2.48. The van der Waals surface area contributed by atoms with Crippen LogP contribution >= 0.6 is 0 Å². The van der Waals surface area contributed by atoms with Crippen LogP contribution in [0.3, 0.4) is 0 Å². The van der Waals surface area contributed by atoms with Gasteiger partial charge in [0.15, 0.2) is 0 Å². The highest BCUT2D eigenvalue weighted by Crippen LogP contribution is 2.31. The van der Waals surface area contributed by atoms with Crippen molar-refractivity contribution in [3.8, 4) is 11.5 Å². The molecule has 1 aliphatic heterocycles. The number of methoxy groups -OCH3 is 1. The first-order valence-electron chi connectivity index (χ1n) is 13.8. The van der Waals surface area contributed by atoms with Crippen molar-refractivity contribution in [2.45, 2.75) is 50.5 Å². The van der Waals surface area contributed by atoms with E-state index in [0.717, 1.165) is 16.7 Å². The van der Waals surface area contributed by atoms with Crippen molar-refractivity contribution in [2.24, 2.45) is 0 Å². The Kier molecular flexibility index (Phi) is 10.4. The van der Waals surface area contributed by atoms with Gasteiger partial charge >= 0.3 is 0 Å². The fraction of sp³-hybridized carbons (Fsp3) is 0.294. The summed E-state index contributed by atoms with van der Waals surface area (Å²) >= 11 is 0. The number of aliphatic hydroxyl groups is 1. The second-order valence-electron chi connectivity index (χ2n) is 9.85. The summed E-state index contributed by atoms with van der Waals surface area (Å²) in [5.41, 5.74) is 3.00. The lowest BCUT2D eigenvalue weighted by Crippen LogP contribution is -2.61. The van der Waals surface area contributed by atoms with Crippen LogP contribution < -0.4 is 9.47 Å². The van der Waals surface area contributed by atoms with Crippen molar-refractivity contribution in [3.05, 3.63) is 132 Å². The molecule has 0 aromatic heterocycles. The third-order valence-electron chi connectivity index (χ3n) is 6.89. The highest BCUT2D eigenvalue weighted by molar-refractivity contribution is 5.31. The van der Waals surface area contributed by atoms with Crippen LogP contribution in [0.4, 0.5) is 0 Å². The predicted octanol–water partition coefficient (Wildman–Crippen LogP) is 5.55. The van der Waals surface area contributed by atoms with E-state index in [-0.39, 0.29) is 6.61 Å². The van der Waals surface area contributed by atoms with Gasteiger partial charge in [-0.05, 0) is 41.0 Å². The minimum Gasteiger partial charge on any atom is -0.497 e. The lowest BCUT2D eigenvalue weighted by Gasteiger charge is -2.44. The molecule has 1 heterocycles. The molecule has 41 heavy (non-hydrogen) atoms. The molecule has 0 saturated carbocycles. The molecular formula is C34H36O7. The molecule has 5 atom stereocenters. The number of rotatable bonds is 13. The van der Waals surface area contributed by atoms with E-state index in [1.165, 1.54) is 0 Å². The van der Waals surface area contributed by atoms with Crippen molar-refractivity contribution in [1.82, 2.24) is 0 Å². The van der Waals surface area contributed by atoms with Gasteiger partial charge in [-0.2, -0.15) is 0 Å². The van der Waals surface area contributed by atoms with Crippen LogP contribution in [-0.2, 0) is 38.8 Å². The quantitative estimate of drug-likeness (QED) is 0.232. The first-order chi connectivity index (χ1) is 20.2. The van der Waals surface area contributed by atoms with Crippen LogP contribution in [0.1, 0.15) is 16.7 Å². The van der Waals surface area contributed by atoms with E-state index in [2.05, 4.69) is 0 Å². The van der Waals surface area contributed by atoms with Gasteiger partial charge in [0.1, 0.15) is 35.9 Å². The number of aliphatic hydroxyl groups excluding tert-OH is 1. The zero-order valence-electron chi connectivity index (χ0n) is 23.1. The number of benzene rings is 4. The summed E-state index contributed by atoms with van der Waals surface area (Å²) in [6.07, 6.45) is -4.09. The molecule has 4 aromatic rings. The van der Waals surface area contributed by atoms with Crippen molar-refractivity contribution >= 4 is 0 Å². The van der Waals surface area contributed by atoms with Gasteiger partial charge in [0.05, 0.1) is 33.5 Å². The monoisotopic (exact) mass is 556 g/mol. The molecule has 0 spiro atoms. The van der Waals surface area contributed by atoms with Gasteiger partial charge in [-0.1, -0.05) is 91.0 Å². The third kappa shape index (κ3) is 8.16. The summed E-state index contributed by atoms with van der Waals surface area (Å²) in [6, 6.07) is 36.8. The van der Waals surface area contributed by atoms with Gasteiger partial charge in [0.25, 0.3) is 0 Å². The van der Waals surface area contributed by atoms with Crippen LogP contribution in [0.15, 0.2) is 115 Å². The normalized spacial score (nSPS) is 22.2. The topological polar surface area (TPSA) is 75.6 Å². The summed E-state index contributed by atoms with van der Waals surface area (Å²) in [6.45, 7) is 1.13. The smallest absolute Gasteiger partial charge is 0.229 e. The molecule has 0 bridgehead atoms. The van der Waals surface area contributed by atoms with Gasteiger partial charge in [0.2, 0.25) is 6.29 Å². The van der Waals surface area contributed by atoms with Crippen LogP contribution in [0.25, 0.3) is 0 Å². The largest absolute Gasteiger partial charge is 0.497 e. The Morgan fingerprint density at radius 3 is 1.63 bits per heavy atom. The van der Waals surface area contributed by atoms with E-state index < -0.39 is 30.7 Å². The van der Waals surface area contributed by atoms with Gasteiger partial charge < -0.3 is 33.5 Å². The molecule has 5 rings (SSSR count). The second kappa shape index (κ2) is 14.8. The van der Waals surface area contributed by atoms with Crippen LogP contribution in [0.5, 0.6) is 11.5 Å². The molecule has 1 saturated heterocycles. The molecule has 1 aliphatic rings. The van der Waals surface area contributed by atoms with Crippen LogP contribution in [0, 0.1) is 0 Å². The fourth-order valence-corrected chi connectivity index (χ4v) is 4.68. The lowest BCUT2D eigenvalue weighted by atomic mass is 9.98. The SMILES string of the molecule is COc1ccc(O[C@H]2O[C@H](COCc3ccccc3)[C@@H](O)[C@H](OCc3ccccc3)[C@@H]2OCc2ccccc2)cc1. The molecule has 4 aromatic carbocycles.